The molecule has 0 saturated heterocycles. The zero-order chi connectivity index (χ0) is 17.9. The van der Waals surface area contributed by atoms with Gasteiger partial charge in [-0.05, 0) is 32.0 Å². The predicted octanol–water partition coefficient (Wildman–Crippen LogP) is 4.03. The number of halogens is 4. The fourth-order valence-electron chi connectivity index (χ4n) is 1.84. The third-order valence-corrected chi connectivity index (χ3v) is 3.09. The molecule has 0 aliphatic rings. The van der Waals surface area contributed by atoms with E-state index in [4.69, 9.17) is 11.6 Å². The van der Waals surface area contributed by atoms with Crippen molar-refractivity contribution < 1.29 is 18.0 Å². The summed E-state index contributed by atoms with van der Waals surface area (Å²) in [5.41, 5.74) is -1.06. The molecule has 2 N–H and O–H groups in total. The first-order valence-electron chi connectivity index (χ1n) is 6.93. The summed E-state index contributed by atoms with van der Waals surface area (Å²) >= 11 is 5.62. The van der Waals surface area contributed by atoms with E-state index in [0.717, 1.165) is 6.07 Å². The van der Waals surface area contributed by atoms with Gasteiger partial charge in [-0.25, -0.2) is 9.97 Å². The number of alkyl halides is 3. The van der Waals surface area contributed by atoms with Crippen LogP contribution in [0.4, 0.5) is 24.7 Å². The lowest BCUT2D eigenvalue weighted by Crippen LogP contribution is -2.30. The molecule has 0 spiro atoms. The van der Waals surface area contributed by atoms with Gasteiger partial charge in [0.15, 0.2) is 0 Å². The molecule has 1 heterocycles. The Kier molecular flexibility index (Phi) is 5.28. The van der Waals surface area contributed by atoms with Crippen LogP contribution in [0.5, 0.6) is 0 Å². The second kappa shape index (κ2) is 7.04. The average Bonchev–Trinajstić information content (AvgIpc) is 2.48. The van der Waals surface area contributed by atoms with Crippen LogP contribution in [0, 0.1) is 0 Å². The number of benzene rings is 1. The summed E-state index contributed by atoms with van der Waals surface area (Å²) in [5, 5.41) is 5.14. The molecule has 0 bridgehead atoms. The van der Waals surface area contributed by atoms with E-state index in [1.54, 1.807) is 13.8 Å². The fraction of sp³-hybridized carbons (Fsp3) is 0.267. The lowest BCUT2D eigenvalue weighted by molar-refractivity contribution is -0.136. The Morgan fingerprint density at radius 1 is 1.21 bits per heavy atom. The van der Waals surface area contributed by atoms with Crippen molar-refractivity contribution in [3.8, 4) is 0 Å². The standard InChI is InChI=1S/C15H14ClF3N4O/c1-8(2)22-14(24)12-6-21-13(7-20-12)23-11-4-3-9(16)5-10(11)15(17,18)19/h3-8H,1-2H3,(H,21,23)(H,22,24). The molecular weight excluding hydrogens is 345 g/mol. The summed E-state index contributed by atoms with van der Waals surface area (Å²) in [6, 6.07) is 3.28. The second-order valence-electron chi connectivity index (χ2n) is 5.23. The van der Waals surface area contributed by atoms with Crippen molar-refractivity contribution >= 4 is 29.0 Å². The SMILES string of the molecule is CC(C)NC(=O)c1cnc(Nc2ccc(Cl)cc2C(F)(F)F)cn1. The summed E-state index contributed by atoms with van der Waals surface area (Å²) in [6.07, 6.45) is -2.20. The van der Waals surface area contributed by atoms with Gasteiger partial charge in [0, 0.05) is 11.1 Å². The van der Waals surface area contributed by atoms with Crippen LogP contribution in [0.2, 0.25) is 5.02 Å². The van der Waals surface area contributed by atoms with Gasteiger partial charge in [-0.2, -0.15) is 13.2 Å². The molecule has 0 aliphatic heterocycles. The van der Waals surface area contributed by atoms with Crippen molar-refractivity contribution in [1.29, 1.82) is 0 Å². The van der Waals surface area contributed by atoms with Crippen LogP contribution in [0.25, 0.3) is 0 Å². The van der Waals surface area contributed by atoms with E-state index in [9.17, 15) is 18.0 Å². The van der Waals surface area contributed by atoms with Gasteiger partial charge < -0.3 is 10.6 Å². The maximum atomic E-state index is 13.0. The fourth-order valence-corrected chi connectivity index (χ4v) is 2.02. The third kappa shape index (κ3) is 4.58. The van der Waals surface area contributed by atoms with E-state index in [1.807, 2.05) is 0 Å². The van der Waals surface area contributed by atoms with Crippen LogP contribution >= 0.6 is 11.6 Å². The zero-order valence-electron chi connectivity index (χ0n) is 12.8. The molecule has 1 aromatic heterocycles. The van der Waals surface area contributed by atoms with E-state index in [0.29, 0.717) is 0 Å². The molecule has 0 atom stereocenters. The summed E-state index contributed by atoms with van der Waals surface area (Å²) in [5.74, 6) is -0.338. The summed E-state index contributed by atoms with van der Waals surface area (Å²) in [7, 11) is 0. The van der Waals surface area contributed by atoms with Crippen LogP contribution < -0.4 is 10.6 Å². The van der Waals surface area contributed by atoms with Crippen LogP contribution in [0.15, 0.2) is 30.6 Å². The van der Waals surface area contributed by atoms with Crippen LogP contribution in [-0.4, -0.2) is 21.9 Å². The highest BCUT2D eigenvalue weighted by molar-refractivity contribution is 6.30. The van der Waals surface area contributed by atoms with Gasteiger partial charge in [-0.1, -0.05) is 11.6 Å². The first kappa shape index (κ1) is 18.0. The van der Waals surface area contributed by atoms with Crippen LogP contribution in [0.1, 0.15) is 29.9 Å². The molecule has 0 aliphatic carbocycles. The Balaban J connectivity index is 2.22. The van der Waals surface area contributed by atoms with Gasteiger partial charge in [-0.15, -0.1) is 0 Å². The van der Waals surface area contributed by atoms with Crippen molar-refractivity contribution in [2.45, 2.75) is 26.1 Å². The number of hydrogen-bond acceptors (Lipinski definition) is 4. The molecule has 128 valence electrons. The Bertz CT molecular complexity index is 732. The highest BCUT2D eigenvalue weighted by Gasteiger charge is 2.34. The highest BCUT2D eigenvalue weighted by atomic mass is 35.5. The summed E-state index contributed by atoms with van der Waals surface area (Å²) in [4.78, 5) is 19.6. The molecule has 2 rings (SSSR count). The Morgan fingerprint density at radius 2 is 1.92 bits per heavy atom. The van der Waals surface area contributed by atoms with Crippen LogP contribution in [0.3, 0.4) is 0 Å². The number of nitrogens with one attached hydrogen (secondary N) is 2. The maximum Gasteiger partial charge on any atom is 0.418 e. The van der Waals surface area contributed by atoms with Gasteiger partial charge in [0.05, 0.1) is 23.6 Å². The van der Waals surface area contributed by atoms with Crippen molar-refractivity contribution in [3.05, 3.63) is 46.9 Å². The minimum Gasteiger partial charge on any atom is -0.348 e. The van der Waals surface area contributed by atoms with Crippen molar-refractivity contribution in [1.82, 2.24) is 15.3 Å². The molecule has 0 fully saturated rings. The Hall–Kier alpha value is -2.35. The van der Waals surface area contributed by atoms with Gasteiger partial charge in [0.25, 0.3) is 5.91 Å². The first-order valence-corrected chi connectivity index (χ1v) is 7.31. The molecule has 24 heavy (non-hydrogen) atoms. The van der Waals surface area contributed by atoms with Crippen molar-refractivity contribution in [3.63, 3.8) is 0 Å². The number of nitrogens with zero attached hydrogens (tertiary/aromatic N) is 2. The Morgan fingerprint density at radius 3 is 2.46 bits per heavy atom. The lowest BCUT2D eigenvalue weighted by atomic mass is 10.1. The molecular formula is C15H14ClF3N4O. The van der Waals surface area contributed by atoms with Crippen molar-refractivity contribution in [2.24, 2.45) is 0 Å². The molecule has 1 amide bonds. The molecule has 5 nitrogen and oxygen atoms in total. The van der Waals surface area contributed by atoms with Gasteiger partial charge in [-0.3, -0.25) is 4.79 Å². The summed E-state index contributed by atoms with van der Waals surface area (Å²) < 4.78 is 39.1. The molecule has 0 radical (unpaired) electrons. The molecule has 9 heteroatoms. The molecule has 1 aromatic carbocycles. The molecule has 2 aromatic rings. The van der Waals surface area contributed by atoms with E-state index in [2.05, 4.69) is 20.6 Å². The van der Waals surface area contributed by atoms with E-state index >= 15 is 0 Å². The minimum atomic E-state index is -4.57. The number of carbonyl (C=O) groups excluding carboxylic acids is 1. The predicted molar refractivity (Wildman–Crippen MR) is 84.4 cm³/mol. The molecule has 0 saturated carbocycles. The van der Waals surface area contributed by atoms with Crippen molar-refractivity contribution in [2.75, 3.05) is 5.32 Å². The van der Waals surface area contributed by atoms with E-state index in [-0.39, 0.29) is 28.3 Å². The minimum absolute atomic E-state index is 0.0281. The lowest BCUT2D eigenvalue weighted by Gasteiger charge is -2.14. The quantitative estimate of drug-likeness (QED) is 0.866. The number of anilines is 2. The largest absolute Gasteiger partial charge is 0.418 e. The van der Waals surface area contributed by atoms with Crippen LogP contribution in [-0.2, 0) is 6.18 Å². The Labute approximate surface area is 141 Å². The molecule has 0 unspecified atom stereocenters. The number of carbonyl (C=O) groups is 1. The van der Waals surface area contributed by atoms with E-state index < -0.39 is 17.6 Å². The second-order valence-corrected chi connectivity index (χ2v) is 5.66. The third-order valence-electron chi connectivity index (χ3n) is 2.85. The van der Waals surface area contributed by atoms with Gasteiger partial charge in [0.1, 0.15) is 11.5 Å². The smallest absolute Gasteiger partial charge is 0.348 e. The topological polar surface area (TPSA) is 66.9 Å². The van der Waals surface area contributed by atoms with Gasteiger partial charge in [0.2, 0.25) is 0 Å². The maximum absolute atomic E-state index is 13.0. The normalized spacial score (nSPS) is 11.5. The number of hydrogen-bond donors (Lipinski definition) is 2. The average molecular weight is 359 g/mol. The zero-order valence-corrected chi connectivity index (χ0v) is 13.5. The number of rotatable bonds is 4. The van der Waals surface area contributed by atoms with Gasteiger partial charge >= 0.3 is 6.18 Å². The number of aromatic nitrogens is 2. The monoisotopic (exact) mass is 358 g/mol. The number of amides is 1. The van der Waals surface area contributed by atoms with E-state index in [1.165, 1.54) is 24.5 Å². The summed E-state index contributed by atoms with van der Waals surface area (Å²) in [6.45, 7) is 3.58. The first-order chi connectivity index (χ1) is 11.2. The highest BCUT2D eigenvalue weighted by Crippen LogP contribution is 2.37.